The number of sulfonamides is 1. The summed E-state index contributed by atoms with van der Waals surface area (Å²) >= 11 is 5.47. The number of aryl methyl sites for hydroxylation is 1. The van der Waals surface area contributed by atoms with E-state index in [1.54, 1.807) is 19.1 Å². The topological polar surface area (TPSA) is 107 Å². The molecule has 1 aliphatic rings. The van der Waals surface area contributed by atoms with Crippen molar-refractivity contribution in [3.05, 3.63) is 74.2 Å². The zero-order valence-corrected chi connectivity index (χ0v) is 23.6. The first-order chi connectivity index (χ1) is 18.2. The monoisotopic (exact) mass is 575 g/mol. The lowest BCUT2D eigenvalue weighted by Crippen LogP contribution is -2.40. The van der Waals surface area contributed by atoms with E-state index in [4.69, 9.17) is 9.47 Å². The quantitative estimate of drug-likeness (QED) is 0.237. The maximum absolute atomic E-state index is 13.1. The van der Waals surface area contributed by atoms with Gasteiger partial charge in [-0.15, -0.1) is 12.6 Å². The van der Waals surface area contributed by atoms with Crippen LogP contribution in [-0.4, -0.2) is 62.4 Å². The second kappa shape index (κ2) is 12.4. The predicted molar refractivity (Wildman–Crippen MR) is 150 cm³/mol. The molecule has 0 bridgehead atoms. The molecule has 1 saturated heterocycles. The Labute approximate surface area is 231 Å². The Hall–Kier alpha value is -2.77. The fraction of sp³-hybridized carbons (Fsp3) is 0.346. The molecule has 0 N–H and O–H groups in total. The number of hydrogen-bond acceptors (Lipinski definition) is 9. The zero-order valence-electron chi connectivity index (χ0n) is 21.1. The molecule has 1 atom stereocenters. The van der Waals surface area contributed by atoms with Gasteiger partial charge in [0.1, 0.15) is 6.04 Å². The van der Waals surface area contributed by atoms with Crippen molar-refractivity contribution in [2.75, 3.05) is 32.9 Å². The molecular formula is C26H29N3O6S3. The maximum atomic E-state index is 13.1. The Kier molecular flexibility index (Phi) is 9.21. The van der Waals surface area contributed by atoms with Crippen LogP contribution < -0.4 is 4.87 Å². The first-order valence-electron chi connectivity index (χ1n) is 12.1. The second-order valence-corrected chi connectivity index (χ2v) is 12.0. The van der Waals surface area contributed by atoms with E-state index in [0.717, 1.165) is 22.5 Å². The van der Waals surface area contributed by atoms with Crippen molar-refractivity contribution in [2.45, 2.75) is 36.2 Å². The van der Waals surface area contributed by atoms with Gasteiger partial charge in [-0.3, -0.25) is 14.4 Å². The van der Waals surface area contributed by atoms with Crippen molar-refractivity contribution in [1.29, 1.82) is 0 Å². The van der Waals surface area contributed by atoms with Crippen LogP contribution in [0.2, 0.25) is 0 Å². The summed E-state index contributed by atoms with van der Waals surface area (Å²) < 4.78 is 39.4. The van der Waals surface area contributed by atoms with Gasteiger partial charge < -0.3 is 9.47 Å². The molecule has 12 heteroatoms. The zero-order chi connectivity index (χ0) is 27.3. The molecule has 1 aromatic heterocycles. The molecule has 202 valence electrons. The molecule has 3 aromatic rings. The van der Waals surface area contributed by atoms with Gasteiger partial charge in [-0.05, 0) is 37.1 Å². The van der Waals surface area contributed by atoms with Crippen molar-refractivity contribution in [3.8, 4) is 0 Å². The third-order valence-corrected chi connectivity index (χ3v) is 9.49. The van der Waals surface area contributed by atoms with Gasteiger partial charge in [-0.2, -0.15) is 4.31 Å². The minimum absolute atomic E-state index is 0.138. The Morgan fingerprint density at radius 3 is 2.61 bits per heavy atom. The molecule has 0 radical (unpaired) electrons. The van der Waals surface area contributed by atoms with E-state index in [1.165, 1.54) is 21.2 Å². The molecule has 9 nitrogen and oxygen atoms in total. The summed E-state index contributed by atoms with van der Waals surface area (Å²) in [6.45, 7) is 5.02. The van der Waals surface area contributed by atoms with Gasteiger partial charge in [0.25, 0.3) is 0 Å². The molecule has 38 heavy (non-hydrogen) atoms. The fourth-order valence-electron chi connectivity index (χ4n) is 4.06. The van der Waals surface area contributed by atoms with Crippen LogP contribution in [0.15, 0.2) is 68.2 Å². The van der Waals surface area contributed by atoms with Gasteiger partial charge in [-0.25, -0.2) is 13.2 Å². The van der Waals surface area contributed by atoms with Crippen molar-refractivity contribution in [1.82, 2.24) is 8.87 Å². The van der Waals surface area contributed by atoms with Gasteiger partial charge in [0.05, 0.1) is 40.3 Å². The first kappa shape index (κ1) is 28.2. The molecule has 0 amide bonds. The van der Waals surface area contributed by atoms with Crippen LogP contribution in [0.3, 0.4) is 0 Å². The number of nitrogens with zero attached hydrogens (tertiary/aromatic N) is 3. The Morgan fingerprint density at radius 2 is 1.92 bits per heavy atom. The van der Waals surface area contributed by atoms with E-state index in [9.17, 15) is 18.0 Å². The van der Waals surface area contributed by atoms with Crippen molar-refractivity contribution in [3.63, 3.8) is 0 Å². The Morgan fingerprint density at radius 1 is 1.21 bits per heavy atom. The van der Waals surface area contributed by atoms with Crippen molar-refractivity contribution in [2.24, 2.45) is 4.99 Å². The molecule has 2 aromatic carbocycles. The second-order valence-electron chi connectivity index (χ2n) is 8.61. The number of ether oxygens (including phenoxy) is 2. The van der Waals surface area contributed by atoms with E-state index < -0.39 is 22.0 Å². The van der Waals surface area contributed by atoms with Crippen LogP contribution in [0.4, 0.5) is 5.69 Å². The number of carbonyl (C=O) groups excluding carboxylic acids is 1. The largest absolute Gasteiger partial charge is 0.464 e. The minimum Gasteiger partial charge on any atom is -0.464 e. The molecule has 0 saturated carbocycles. The number of carbonyl (C=O) groups is 1. The third kappa shape index (κ3) is 6.26. The van der Waals surface area contributed by atoms with Gasteiger partial charge in [0.15, 0.2) is 0 Å². The van der Waals surface area contributed by atoms with Gasteiger partial charge >= 0.3 is 10.8 Å². The lowest BCUT2D eigenvalue weighted by atomic mass is 10.1. The summed E-state index contributed by atoms with van der Waals surface area (Å²) in [5, 5.41) is 0.285. The number of hydrogen-bond donors (Lipinski definition) is 1. The molecule has 1 unspecified atom stereocenters. The number of aromatic nitrogens is 1. The van der Waals surface area contributed by atoms with Gasteiger partial charge in [-0.1, -0.05) is 47.7 Å². The minimum atomic E-state index is -3.69. The highest BCUT2D eigenvalue weighted by Crippen LogP contribution is 2.28. The average Bonchev–Trinajstić information content (AvgIpc) is 3.20. The number of aliphatic imine (C=N–C) groups is 1. The smallest absolute Gasteiger partial charge is 0.329 e. The number of benzene rings is 2. The van der Waals surface area contributed by atoms with Crippen molar-refractivity contribution < 1.29 is 22.7 Å². The van der Waals surface area contributed by atoms with Crippen molar-refractivity contribution >= 4 is 51.9 Å². The third-order valence-electron chi connectivity index (χ3n) is 6.09. The van der Waals surface area contributed by atoms with Gasteiger partial charge in [0.2, 0.25) is 10.0 Å². The Balaban J connectivity index is 1.65. The van der Waals surface area contributed by atoms with E-state index in [-0.39, 0.29) is 27.8 Å². The molecule has 1 fully saturated rings. The number of rotatable bonds is 9. The number of esters is 1. The summed E-state index contributed by atoms with van der Waals surface area (Å²) in [6.07, 6.45) is 1.74. The van der Waals surface area contributed by atoms with E-state index in [0.29, 0.717) is 36.9 Å². The summed E-state index contributed by atoms with van der Waals surface area (Å²) in [5.74, 6) is -0.521. The van der Waals surface area contributed by atoms with Crippen LogP contribution in [0, 0.1) is 6.92 Å². The number of morpholine rings is 1. The summed E-state index contributed by atoms with van der Waals surface area (Å²) in [7, 11) is -3.69. The SMILES string of the molecule is CCOC(=O)C(Cc1ccccc1)n1c(S)c(C=Nc2cc(S(=O)(=O)N3CCOCC3)ccc2C)sc1=O. The predicted octanol–water partition coefficient (Wildman–Crippen LogP) is 3.63. The lowest BCUT2D eigenvalue weighted by molar-refractivity contribution is -0.147. The highest BCUT2D eigenvalue weighted by molar-refractivity contribution is 7.89. The van der Waals surface area contributed by atoms with Crippen LogP contribution in [0.25, 0.3) is 0 Å². The normalized spacial score (nSPS) is 15.6. The molecule has 1 aliphatic heterocycles. The van der Waals surface area contributed by atoms with E-state index in [1.807, 2.05) is 37.3 Å². The van der Waals surface area contributed by atoms with Gasteiger partial charge in [0, 0.05) is 25.7 Å². The van der Waals surface area contributed by atoms with Crippen LogP contribution in [0.5, 0.6) is 0 Å². The van der Waals surface area contributed by atoms with E-state index in [2.05, 4.69) is 17.6 Å². The van der Waals surface area contributed by atoms with E-state index >= 15 is 0 Å². The molecule has 0 spiro atoms. The lowest BCUT2D eigenvalue weighted by Gasteiger charge is -2.26. The number of thiol groups is 1. The highest BCUT2D eigenvalue weighted by atomic mass is 32.2. The highest BCUT2D eigenvalue weighted by Gasteiger charge is 2.28. The summed E-state index contributed by atoms with van der Waals surface area (Å²) in [5.41, 5.74) is 2.09. The fourth-order valence-corrected chi connectivity index (χ4v) is 6.78. The molecule has 2 heterocycles. The Bertz CT molecular complexity index is 1480. The maximum Gasteiger partial charge on any atom is 0.329 e. The summed E-state index contributed by atoms with van der Waals surface area (Å²) in [4.78, 5) is 30.6. The first-order valence-corrected chi connectivity index (χ1v) is 14.8. The van der Waals surface area contributed by atoms with Crippen LogP contribution in [0.1, 0.15) is 29.0 Å². The van der Waals surface area contributed by atoms with Crippen LogP contribution in [-0.2, 0) is 30.7 Å². The molecule has 4 rings (SSSR count). The standard InChI is InChI=1S/C26H29N3O6S3/c1-3-35-25(30)22(15-19-7-5-4-6-8-19)29-24(36)23(37-26(29)31)17-27-21-16-20(10-9-18(21)2)38(32,33)28-11-13-34-14-12-28/h4-10,16-17,22,36H,3,11-15H2,1-2H3. The summed E-state index contributed by atoms with van der Waals surface area (Å²) in [6, 6.07) is 13.3. The van der Waals surface area contributed by atoms with Crippen LogP contribution >= 0.6 is 24.0 Å². The average molecular weight is 576 g/mol. The molecular weight excluding hydrogens is 547 g/mol. The number of thiazole rings is 1. The molecule has 0 aliphatic carbocycles.